The van der Waals surface area contributed by atoms with Gasteiger partial charge in [0, 0.05) is 0 Å². The highest BCUT2D eigenvalue weighted by atomic mass is 32.2. The maximum absolute atomic E-state index is 11.0. The normalized spacial score (nSPS) is 15.2. The Kier molecular flexibility index (Phi) is 3.06. The van der Waals surface area contributed by atoms with Crippen LogP contribution in [0.15, 0.2) is 24.3 Å². The first-order chi connectivity index (χ1) is 6.01. The molecule has 1 rings (SSSR count). The van der Waals surface area contributed by atoms with Gasteiger partial charge < -0.3 is 0 Å². The molecule has 1 atom stereocenters. The lowest BCUT2D eigenvalue weighted by molar-refractivity contribution is 0.675. The van der Waals surface area contributed by atoms with Crippen molar-refractivity contribution in [2.45, 2.75) is 19.1 Å². The van der Waals surface area contributed by atoms with Crippen LogP contribution in [-0.2, 0) is 22.1 Å². The van der Waals surface area contributed by atoms with Crippen molar-refractivity contribution in [2.75, 3.05) is 0 Å². The van der Waals surface area contributed by atoms with Gasteiger partial charge in [0.15, 0.2) is 0 Å². The number of nitrogens with one attached hydrogen (secondary N) is 1. The van der Waals surface area contributed by atoms with Gasteiger partial charge in [0.05, 0.1) is 5.75 Å². The smallest absolute Gasteiger partial charge is 0.106 e. The number of nitrogens with two attached hydrogens (primary N) is 1. The molecule has 0 aliphatic rings. The topological polar surface area (TPSA) is 66.9 Å². The van der Waals surface area contributed by atoms with Gasteiger partial charge in [0.25, 0.3) is 0 Å². The lowest BCUT2D eigenvalue weighted by atomic mass is 10.1. The van der Waals surface area contributed by atoms with Gasteiger partial charge in [-0.05, 0) is 17.5 Å². The highest BCUT2D eigenvalue weighted by Gasteiger charge is 2.01. The van der Waals surface area contributed by atoms with Crippen LogP contribution in [-0.4, -0.2) is 4.21 Å². The zero-order valence-corrected chi connectivity index (χ0v) is 8.43. The maximum atomic E-state index is 11.0. The molecule has 72 valence electrons. The second kappa shape index (κ2) is 3.89. The van der Waals surface area contributed by atoms with Crippen LogP contribution in [0.5, 0.6) is 0 Å². The first-order valence-electron chi connectivity index (χ1n) is 4.13. The Morgan fingerprint density at radius 1 is 1.46 bits per heavy atom. The summed E-state index contributed by atoms with van der Waals surface area (Å²) in [6.45, 7) is 2.06. The van der Waals surface area contributed by atoms with E-state index in [1.807, 2.05) is 24.3 Å². The first kappa shape index (κ1) is 10.2. The molecule has 0 saturated heterocycles. The van der Waals surface area contributed by atoms with Crippen molar-refractivity contribution in [3.8, 4) is 0 Å². The SMILES string of the molecule is CCc1cccc(CS(=N)(N)=O)c1. The van der Waals surface area contributed by atoms with E-state index in [0.717, 1.165) is 12.0 Å². The van der Waals surface area contributed by atoms with E-state index in [2.05, 4.69) is 6.92 Å². The fraction of sp³-hybridized carbons (Fsp3) is 0.333. The summed E-state index contributed by atoms with van der Waals surface area (Å²) in [5, 5.41) is 5.15. The van der Waals surface area contributed by atoms with Crippen LogP contribution in [0.1, 0.15) is 18.1 Å². The summed E-state index contributed by atoms with van der Waals surface area (Å²) >= 11 is 0. The van der Waals surface area contributed by atoms with Crippen LogP contribution >= 0.6 is 0 Å². The van der Waals surface area contributed by atoms with Gasteiger partial charge in [-0.15, -0.1) is 0 Å². The average Bonchev–Trinajstić information content (AvgIpc) is 2.01. The highest BCUT2D eigenvalue weighted by molar-refractivity contribution is 7.89. The number of rotatable bonds is 3. The molecule has 0 saturated carbocycles. The quantitative estimate of drug-likeness (QED) is 0.762. The van der Waals surface area contributed by atoms with Gasteiger partial charge in [-0.3, -0.25) is 0 Å². The van der Waals surface area contributed by atoms with Crippen molar-refractivity contribution in [2.24, 2.45) is 5.14 Å². The van der Waals surface area contributed by atoms with Gasteiger partial charge in [-0.25, -0.2) is 14.1 Å². The van der Waals surface area contributed by atoms with Crippen LogP contribution in [0.4, 0.5) is 0 Å². The third kappa shape index (κ3) is 3.57. The molecule has 0 aromatic heterocycles. The Balaban J connectivity index is 2.90. The predicted molar refractivity (Wildman–Crippen MR) is 54.6 cm³/mol. The van der Waals surface area contributed by atoms with E-state index < -0.39 is 9.92 Å². The third-order valence-electron chi connectivity index (χ3n) is 1.78. The van der Waals surface area contributed by atoms with E-state index >= 15 is 0 Å². The van der Waals surface area contributed by atoms with Gasteiger partial charge in [-0.1, -0.05) is 31.2 Å². The summed E-state index contributed by atoms with van der Waals surface area (Å²) in [5.74, 6) is 0.140. The third-order valence-corrected chi connectivity index (χ3v) is 2.54. The summed E-state index contributed by atoms with van der Waals surface area (Å²) in [4.78, 5) is 0. The molecular formula is C9H14N2OS. The Labute approximate surface area is 79.1 Å². The van der Waals surface area contributed by atoms with E-state index in [1.165, 1.54) is 5.56 Å². The van der Waals surface area contributed by atoms with E-state index in [1.54, 1.807) is 0 Å². The van der Waals surface area contributed by atoms with Crippen molar-refractivity contribution < 1.29 is 4.21 Å². The summed E-state index contributed by atoms with van der Waals surface area (Å²) in [7, 11) is -2.90. The molecule has 0 aliphatic carbocycles. The molecule has 1 unspecified atom stereocenters. The summed E-state index contributed by atoms with van der Waals surface area (Å²) in [6.07, 6.45) is 0.942. The van der Waals surface area contributed by atoms with E-state index in [0.29, 0.717) is 0 Å². The zero-order valence-electron chi connectivity index (χ0n) is 7.62. The van der Waals surface area contributed by atoms with Crippen molar-refractivity contribution >= 4 is 9.92 Å². The molecule has 0 fully saturated rings. The number of hydrogen-bond donors (Lipinski definition) is 2. The fourth-order valence-electron chi connectivity index (χ4n) is 1.19. The second-order valence-electron chi connectivity index (χ2n) is 3.04. The summed E-state index contributed by atoms with van der Waals surface area (Å²) < 4.78 is 18.1. The fourth-order valence-corrected chi connectivity index (χ4v) is 1.86. The zero-order chi connectivity index (χ0) is 9.90. The van der Waals surface area contributed by atoms with E-state index in [4.69, 9.17) is 9.92 Å². The van der Waals surface area contributed by atoms with Crippen LogP contribution in [0.2, 0.25) is 0 Å². The largest absolute Gasteiger partial charge is 0.245 e. The summed E-state index contributed by atoms with van der Waals surface area (Å²) in [6, 6.07) is 7.70. The van der Waals surface area contributed by atoms with Crippen LogP contribution in [0.3, 0.4) is 0 Å². The molecule has 0 radical (unpaired) electrons. The van der Waals surface area contributed by atoms with Crippen molar-refractivity contribution in [3.63, 3.8) is 0 Å². The van der Waals surface area contributed by atoms with Crippen molar-refractivity contribution in [3.05, 3.63) is 35.4 Å². The Hall–Kier alpha value is -0.870. The minimum Gasteiger partial charge on any atom is -0.245 e. The molecule has 13 heavy (non-hydrogen) atoms. The van der Waals surface area contributed by atoms with Gasteiger partial charge in [0.2, 0.25) is 0 Å². The van der Waals surface area contributed by atoms with Crippen LogP contribution < -0.4 is 5.14 Å². The molecule has 0 bridgehead atoms. The second-order valence-corrected chi connectivity index (χ2v) is 4.79. The molecule has 0 amide bonds. The molecule has 3 nitrogen and oxygen atoms in total. The standard InChI is InChI=1S/C9H14N2OS/c1-2-8-4-3-5-9(6-8)7-13(10,11)12/h3-6H,2,7H2,1H3,(H3,10,11,12). The first-order valence-corrected chi connectivity index (χ1v) is 5.92. The van der Waals surface area contributed by atoms with Crippen molar-refractivity contribution in [1.82, 2.24) is 0 Å². The lowest BCUT2D eigenvalue weighted by Crippen LogP contribution is -2.12. The molecule has 0 aliphatic heterocycles. The Morgan fingerprint density at radius 2 is 2.08 bits per heavy atom. The van der Waals surface area contributed by atoms with E-state index in [9.17, 15) is 4.21 Å². The highest BCUT2D eigenvalue weighted by Crippen LogP contribution is 2.08. The molecular weight excluding hydrogens is 184 g/mol. The maximum Gasteiger partial charge on any atom is 0.106 e. The van der Waals surface area contributed by atoms with Gasteiger partial charge in [-0.2, -0.15) is 0 Å². The predicted octanol–water partition coefficient (Wildman–Crippen LogP) is 1.67. The Morgan fingerprint density at radius 3 is 2.62 bits per heavy atom. The minimum absolute atomic E-state index is 0.140. The summed E-state index contributed by atoms with van der Waals surface area (Å²) in [5.41, 5.74) is 2.06. The molecule has 3 N–H and O–H groups in total. The molecule has 0 heterocycles. The van der Waals surface area contributed by atoms with Crippen LogP contribution in [0, 0.1) is 4.78 Å². The monoisotopic (exact) mass is 198 g/mol. The number of aryl methyl sites for hydroxylation is 1. The van der Waals surface area contributed by atoms with Gasteiger partial charge in [0.1, 0.15) is 9.92 Å². The lowest BCUT2D eigenvalue weighted by Gasteiger charge is -2.03. The molecule has 1 aromatic rings. The Bertz CT molecular complexity index is 384. The number of hydrogen-bond acceptors (Lipinski definition) is 2. The van der Waals surface area contributed by atoms with Gasteiger partial charge >= 0.3 is 0 Å². The molecule has 1 aromatic carbocycles. The van der Waals surface area contributed by atoms with Crippen molar-refractivity contribution in [1.29, 1.82) is 4.78 Å². The molecule has 0 spiro atoms. The molecule has 4 heteroatoms. The number of benzene rings is 1. The average molecular weight is 198 g/mol. The van der Waals surface area contributed by atoms with Crippen LogP contribution in [0.25, 0.3) is 0 Å². The minimum atomic E-state index is -2.90. The van der Waals surface area contributed by atoms with E-state index in [-0.39, 0.29) is 5.75 Å².